The van der Waals surface area contributed by atoms with Crippen LogP contribution in [0.4, 0.5) is 0 Å². The van der Waals surface area contributed by atoms with Gasteiger partial charge in [-0.05, 0) is 44.5 Å². The molecule has 0 atom stereocenters. The number of carbonyl (C=O) groups excluding carboxylic acids is 1. The van der Waals surface area contributed by atoms with Crippen LogP contribution in [0.1, 0.15) is 45.8 Å². The van der Waals surface area contributed by atoms with Crippen molar-refractivity contribution in [1.29, 1.82) is 0 Å². The molecule has 6 nitrogen and oxygen atoms in total. The van der Waals surface area contributed by atoms with E-state index in [1.807, 2.05) is 50.2 Å². The lowest BCUT2D eigenvalue weighted by atomic mass is 10.1. The molecule has 3 heterocycles. The number of thioether (sulfide) groups is 1. The summed E-state index contributed by atoms with van der Waals surface area (Å²) < 4.78 is 9.67. The van der Waals surface area contributed by atoms with Crippen LogP contribution in [-0.2, 0) is 19.5 Å². The van der Waals surface area contributed by atoms with E-state index >= 15 is 0 Å². The Balaban J connectivity index is 1.45. The first kappa shape index (κ1) is 21.2. The average molecular weight is 435 g/mol. The highest BCUT2D eigenvalue weighted by molar-refractivity contribution is 7.99. The number of hydrogen-bond acceptors (Lipinski definition) is 5. The lowest BCUT2D eigenvalue weighted by molar-refractivity contribution is 0.102. The van der Waals surface area contributed by atoms with Crippen molar-refractivity contribution in [3.8, 4) is 0 Å². The maximum atomic E-state index is 13.0. The normalized spacial score (nSPS) is 11.2. The number of ketones is 1. The Morgan fingerprint density at radius 3 is 2.58 bits per heavy atom. The second-order valence-electron chi connectivity index (χ2n) is 7.47. The monoisotopic (exact) mass is 434 g/mol. The van der Waals surface area contributed by atoms with Gasteiger partial charge in [-0.25, -0.2) is 0 Å². The van der Waals surface area contributed by atoms with Crippen LogP contribution in [0.25, 0.3) is 0 Å². The molecule has 0 saturated heterocycles. The fourth-order valence-electron chi connectivity index (χ4n) is 3.75. The molecular formula is C24H26N4O2S. The molecule has 0 radical (unpaired) electrons. The van der Waals surface area contributed by atoms with Gasteiger partial charge < -0.3 is 13.6 Å². The Morgan fingerprint density at radius 1 is 1.06 bits per heavy atom. The number of furan rings is 1. The van der Waals surface area contributed by atoms with Gasteiger partial charge in [-0.15, -0.1) is 10.2 Å². The molecule has 4 rings (SSSR count). The van der Waals surface area contributed by atoms with Gasteiger partial charge >= 0.3 is 0 Å². The number of benzene rings is 1. The van der Waals surface area contributed by atoms with Gasteiger partial charge in [-0.2, -0.15) is 0 Å². The molecule has 0 N–H and O–H groups in total. The number of aryl methyl sites for hydroxylation is 1. The lowest BCUT2D eigenvalue weighted by Gasteiger charge is -2.08. The number of Topliss-reactive ketones (excluding diaryl/α,β-unsaturated/α-hetero) is 1. The van der Waals surface area contributed by atoms with Crippen molar-refractivity contribution < 1.29 is 9.21 Å². The SMILES string of the molecule is CCn1c(Cc2ccccc2)nnc1SCC(=O)c1cc(C)n(Cc2ccco2)c1C. The highest BCUT2D eigenvalue weighted by Gasteiger charge is 2.19. The predicted molar refractivity (Wildman–Crippen MR) is 122 cm³/mol. The van der Waals surface area contributed by atoms with E-state index in [4.69, 9.17) is 4.42 Å². The largest absolute Gasteiger partial charge is 0.467 e. The van der Waals surface area contributed by atoms with Crippen molar-refractivity contribution in [3.05, 3.63) is 88.9 Å². The molecule has 3 aromatic heterocycles. The van der Waals surface area contributed by atoms with Crippen molar-refractivity contribution >= 4 is 17.5 Å². The van der Waals surface area contributed by atoms with Gasteiger partial charge in [0.05, 0.1) is 18.6 Å². The maximum absolute atomic E-state index is 13.0. The molecule has 4 aromatic rings. The summed E-state index contributed by atoms with van der Waals surface area (Å²) in [5.74, 6) is 2.21. The van der Waals surface area contributed by atoms with Gasteiger partial charge in [0.1, 0.15) is 11.6 Å². The Labute approximate surface area is 186 Å². The second-order valence-corrected chi connectivity index (χ2v) is 8.41. The molecule has 31 heavy (non-hydrogen) atoms. The van der Waals surface area contributed by atoms with Crippen molar-refractivity contribution in [2.75, 3.05) is 5.75 Å². The minimum atomic E-state index is 0.0963. The second kappa shape index (κ2) is 9.39. The van der Waals surface area contributed by atoms with E-state index in [2.05, 4.69) is 38.4 Å². The van der Waals surface area contributed by atoms with Gasteiger partial charge in [0.2, 0.25) is 0 Å². The fraction of sp³-hybridized carbons (Fsp3) is 0.292. The molecule has 0 saturated carbocycles. The van der Waals surface area contributed by atoms with Crippen LogP contribution in [0.15, 0.2) is 64.4 Å². The average Bonchev–Trinajstić information content (AvgIpc) is 3.49. The van der Waals surface area contributed by atoms with E-state index in [9.17, 15) is 4.79 Å². The number of carbonyl (C=O) groups is 1. The van der Waals surface area contributed by atoms with E-state index < -0.39 is 0 Å². The van der Waals surface area contributed by atoms with E-state index in [-0.39, 0.29) is 5.78 Å². The van der Waals surface area contributed by atoms with Crippen LogP contribution in [0, 0.1) is 13.8 Å². The molecular weight excluding hydrogens is 408 g/mol. The zero-order chi connectivity index (χ0) is 21.8. The summed E-state index contributed by atoms with van der Waals surface area (Å²) >= 11 is 1.45. The summed E-state index contributed by atoms with van der Waals surface area (Å²) in [6.45, 7) is 7.47. The van der Waals surface area contributed by atoms with Gasteiger partial charge in [-0.1, -0.05) is 42.1 Å². The molecule has 0 unspecified atom stereocenters. The number of rotatable bonds is 9. The summed E-state index contributed by atoms with van der Waals surface area (Å²) in [5, 5.41) is 9.51. The smallest absolute Gasteiger partial charge is 0.191 e. The summed E-state index contributed by atoms with van der Waals surface area (Å²) in [7, 11) is 0. The Hall–Kier alpha value is -3.06. The van der Waals surface area contributed by atoms with Crippen molar-refractivity contribution in [2.45, 2.75) is 45.4 Å². The summed E-state index contributed by atoms with van der Waals surface area (Å²) in [6.07, 6.45) is 2.40. The van der Waals surface area contributed by atoms with E-state index in [0.29, 0.717) is 12.3 Å². The Kier molecular flexibility index (Phi) is 6.42. The predicted octanol–water partition coefficient (Wildman–Crippen LogP) is 4.92. The van der Waals surface area contributed by atoms with Crippen LogP contribution in [0.5, 0.6) is 0 Å². The minimum absolute atomic E-state index is 0.0963. The molecule has 0 spiro atoms. The number of nitrogens with zero attached hydrogens (tertiary/aromatic N) is 4. The van der Waals surface area contributed by atoms with Crippen LogP contribution in [-0.4, -0.2) is 30.9 Å². The van der Waals surface area contributed by atoms with Gasteiger partial charge in [-0.3, -0.25) is 4.79 Å². The molecule has 0 bridgehead atoms. The van der Waals surface area contributed by atoms with Gasteiger partial charge in [0.25, 0.3) is 0 Å². The van der Waals surface area contributed by atoms with E-state index in [1.165, 1.54) is 17.3 Å². The van der Waals surface area contributed by atoms with Gasteiger partial charge in [0.15, 0.2) is 10.9 Å². The first-order valence-electron chi connectivity index (χ1n) is 10.4. The molecule has 0 fully saturated rings. The quantitative estimate of drug-likeness (QED) is 0.276. The summed E-state index contributed by atoms with van der Waals surface area (Å²) in [4.78, 5) is 13.0. The van der Waals surface area contributed by atoms with Crippen LogP contribution < -0.4 is 0 Å². The Bertz CT molecular complexity index is 1160. The summed E-state index contributed by atoms with van der Waals surface area (Å²) in [6, 6.07) is 16.0. The molecule has 0 aliphatic heterocycles. The minimum Gasteiger partial charge on any atom is -0.467 e. The molecule has 0 aliphatic carbocycles. The molecule has 160 valence electrons. The maximum Gasteiger partial charge on any atom is 0.191 e. The third-order valence-corrected chi connectivity index (χ3v) is 6.38. The third kappa shape index (κ3) is 4.66. The molecule has 7 heteroatoms. The topological polar surface area (TPSA) is 65.8 Å². The number of hydrogen-bond donors (Lipinski definition) is 0. The number of aromatic nitrogens is 4. The zero-order valence-corrected chi connectivity index (χ0v) is 18.9. The summed E-state index contributed by atoms with van der Waals surface area (Å²) in [5.41, 5.74) is 3.95. The first-order valence-corrected chi connectivity index (χ1v) is 11.4. The van der Waals surface area contributed by atoms with Crippen LogP contribution in [0.3, 0.4) is 0 Å². The standard InChI is InChI=1S/C24H26N4O2S/c1-4-27-23(14-19-9-6-5-7-10-19)25-26-24(27)31-16-22(29)21-13-17(2)28(18(21)3)15-20-11-8-12-30-20/h5-13H,4,14-16H2,1-3H3. The zero-order valence-electron chi connectivity index (χ0n) is 18.0. The Morgan fingerprint density at radius 2 is 1.87 bits per heavy atom. The highest BCUT2D eigenvalue weighted by atomic mass is 32.2. The highest BCUT2D eigenvalue weighted by Crippen LogP contribution is 2.23. The van der Waals surface area contributed by atoms with E-state index in [0.717, 1.165) is 46.7 Å². The molecule has 1 aromatic carbocycles. The van der Waals surface area contributed by atoms with Crippen molar-refractivity contribution in [3.63, 3.8) is 0 Å². The van der Waals surface area contributed by atoms with Crippen LogP contribution in [0.2, 0.25) is 0 Å². The van der Waals surface area contributed by atoms with Crippen molar-refractivity contribution in [1.82, 2.24) is 19.3 Å². The van der Waals surface area contributed by atoms with E-state index in [1.54, 1.807) is 6.26 Å². The van der Waals surface area contributed by atoms with Crippen molar-refractivity contribution in [2.24, 2.45) is 0 Å². The first-order chi connectivity index (χ1) is 15.1. The van der Waals surface area contributed by atoms with Crippen LogP contribution >= 0.6 is 11.8 Å². The fourth-order valence-corrected chi connectivity index (χ4v) is 4.65. The molecule has 0 amide bonds. The van der Waals surface area contributed by atoms with Gasteiger partial charge in [0, 0.05) is 29.9 Å². The third-order valence-electron chi connectivity index (χ3n) is 5.42. The molecule has 0 aliphatic rings. The lowest BCUT2D eigenvalue weighted by Crippen LogP contribution is -2.08.